The third-order valence-corrected chi connectivity index (χ3v) is 4.70. The van der Waals surface area contributed by atoms with Gasteiger partial charge in [-0.2, -0.15) is 0 Å². The standard InChI is InChI=1S/C16H16BrN3O4/c17-10-3-4-12-11(8-10)15(22)19(9-18-12)7-5-14(21)20-6-1-2-13(20)16(23)24/h3-4,8-9,13H,1-2,5-7H2,(H,23,24)/t13-/m0/s1. The number of carboxylic acid groups (broad SMARTS) is 1. The first kappa shape index (κ1) is 16.6. The molecule has 1 aliphatic rings. The van der Waals surface area contributed by atoms with Crippen molar-refractivity contribution in [1.29, 1.82) is 0 Å². The van der Waals surface area contributed by atoms with E-state index in [-0.39, 0.29) is 24.4 Å². The van der Waals surface area contributed by atoms with Gasteiger partial charge in [0.15, 0.2) is 0 Å². The van der Waals surface area contributed by atoms with Gasteiger partial charge >= 0.3 is 5.97 Å². The van der Waals surface area contributed by atoms with Crippen molar-refractivity contribution in [3.8, 4) is 0 Å². The Kier molecular flexibility index (Phi) is 4.66. The summed E-state index contributed by atoms with van der Waals surface area (Å²) in [7, 11) is 0. The van der Waals surface area contributed by atoms with Crippen LogP contribution in [0.1, 0.15) is 19.3 Å². The number of carbonyl (C=O) groups excluding carboxylic acids is 1. The van der Waals surface area contributed by atoms with Crippen LogP contribution in [0.2, 0.25) is 0 Å². The number of carbonyl (C=O) groups is 2. The normalized spacial score (nSPS) is 17.4. The molecule has 2 aromatic rings. The molecule has 1 atom stereocenters. The molecule has 1 amide bonds. The van der Waals surface area contributed by atoms with Crippen molar-refractivity contribution in [2.24, 2.45) is 0 Å². The van der Waals surface area contributed by atoms with Gasteiger partial charge < -0.3 is 10.0 Å². The number of halogens is 1. The summed E-state index contributed by atoms with van der Waals surface area (Å²) in [6.45, 7) is 0.629. The molecule has 1 N–H and O–H groups in total. The number of amides is 1. The molecule has 0 bridgehead atoms. The van der Waals surface area contributed by atoms with Crippen LogP contribution in [0.5, 0.6) is 0 Å². The topological polar surface area (TPSA) is 92.5 Å². The summed E-state index contributed by atoms with van der Waals surface area (Å²) < 4.78 is 2.17. The smallest absolute Gasteiger partial charge is 0.326 e. The van der Waals surface area contributed by atoms with Gasteiger partial charge in [-0.05, 0) is 31.0 Å². The van der Waals surface area contributed by atoms with E-state index in [4.69, 9.17) is 5.11 Å². The molecule has 0 unspecified atom stereocenters. The van der Waals surface area contributed by atoms with Gasteiger partial charge in [0.2, 0.25) is 5.91 Å². The predicted molar refractivity (Wildman–Crippen MR) is 90.7 cm³/mol. The zero-order valence-electron chi connectivity index (χ0n) is 12.8. The zero-order chi connectivity index (χ0) is 17.3. The van der Waals surface area contributed by atoms with E-state index in [9.17, 15) is 14.4 Å². The number of carboxylic acids is 1. The van der Waals surface area contributed by atoms with E-state index in [1.54, 1.807) is 12.1 Å². The Morgan fingerprint density at radius 2 is 2.17 bits per heavy atom. The lowest BCUT2D eigenvalue weighted by molar-refractivity contribution is -0.148. The first-order chi connectivity index (χ1) is 11.5. The summed E-state index contributed by atoms with van der Waals surface area (Å²) in [5.41, 5.74) is 0.376. The van der Waals surface area contributed by atoms with Crippen LogP contribution in [-0.2, 0) is 16.1 Å². The van der Waals surface area contributed by atoms with E-state index in [0.717, 1.165) is 4.47 Å². The summed E-state index contributed by atoms with van der Waals surface area (Å²) in [4.78, 5) is 41.5. The molecule has 0 radical (unpaired) electrons. The predicted octanol–water partition coefficient (Wildman–Crippen LogP) is 1.62. The van der Waals surface area contributed by atoms with Gasteiger partial charge in [0.1, 0.15) is 6.04 Å². The van der Waals surface area contributed by atoms with Crippen LogP contribution >= 0.6 is 15.9 Å². The number of hydrogen-bond donors (Lipinski definition) is 1. The van der Waals surface area contributed by atoms with Gasteiger partial charge in [0.05, 0.1) is 17.2 Å². The molecule has 1 aromatic carbocycles. The number of nitrogens with zero attached hydrogens (tertiary/aromatic N) is 3. The fourth-order valence-corrected chi connectivity index (χ4v) is 3.33. The van der Waals surface area contributed by atoms with Gasteiger partial charge in [-0.25, -0.2) is 9.78 Å². The van der Waals surface area contributed by atoms with E-state index < -0.39 is 12.0 Å². The Morgan fingerprint density at radius 3 is 2.92 bits per heavy atom. The quantitative estimate of drug-likeness (QED) is 0.851. The molecule has 2 heterocycles. The van der Waals surface area contributed by atoms with E-state index in [2.05, 4.69) is 20.9 Å². The summed E-state index contributed by atoms with van der Waals surface area (Å²) in [5.74, 6) is -1.23. The lowest BCUT2D eigenvalue weighted by Gasteiger charge is -2.21. The minimum atomic E-state index is -0.977. The number of aliphatic carboxylic acids is 1. The maximum atomic E-state index is 12.5. The Bertz CT molecular complexity index is 864. The largest absolute Gasteiger partial charge is 0.480 e. The average Bonchev–Trinajstić information content (AvgIpc) is 3.04. The van der Waals surface area contributed by atoms with Crippen LogP contribution in [0.25, 0.3) is 10.9 Å². The Balaban J connectivity index is 1.76. The third kappa shape index (κ3) is 3.19. The Hall–Kier alpha value is -2.22. The minimum Gasteiger partial charge on any atom is -0.480 e. The van der Waals surface area contributed by atoms with Crippen LogP contribution in [0, 0.1) is 0 Å². The SMILES string of the molecule is O=C(O)[C@@H]1CCCN1C(=O)CCn1cnc2ccc(Br)cc2c1=O. The molecule has 1 aromatic heterocycles. The number of hydrogen-bond acceptors (Lipinski definition) is 4. The van der Waals surface area contributed by atoms with Crippen molar-refractivity contribution in [1.82, 2.24) is 14.5 Å². The van der Waals surface area contributed by atoms with E-state index in [0.29, 0.717) is 30.3 Å². The van der Waals surface area contributed by atoms with E-state index >= 15 is 0 Å². The maximum Gasteiger partial charge on any atom is 0.326 e. The van der Waals surface area contributed by atoms with Crippen molar-refractivity contribution in [3.63, 3.8) is 0 Å². The number of likely N-dealkylation sites (tertiary alicyclic amines) is 1. The highest BCUT2D eigenvalue weighted by Crippen LogP contribution is 2.19. The molecule has 1 fully saturated rings. The van der Waals surface area contributed by atoms with Crippen LogP contribution < -0.4 is 5.56 Å². The van der Waals surface area contributed by atoms with Crippen molar-refractivity contribution < 1.29 is 14.7 Å². The number of aryl methyl sites for hydroxylation is 1. The number of aromatic nitrogens is 2. The van der Waals surface area contributed by atoms with Gasteiger partial charge in [-0.3, -0.25) is 14.2 Å². The van der Waals surface area contributed by atoms with Crippen LogP contribution in [-0.4, -0.2) is 44.0 Å². The van der Waals surface area contributed by atoms with Gasteiger partial charge in [-0.15, -0.1) is 0 Å². The highest BCUT2D eigenvalue weighted by Gasteiger charge is 2.33. The van der Waals surface area contributed by atoms with Gasteiger partial charge in [0, 0.05) is 24.0 Å². The molecular formula is C16H16BrN3O4. The fraction of sp³-hybridized carbons (Fsp3) is 0.375. The summed E-state index contributed by atoms with van der Waals surface area (Å²) in [5, 5.41) is 9.62. The van der Waals surface area contributed by atoms with E-state index in [1.165, 1.54) is 15.8 Å². The molecule has 24 heavy (non-hydrogen) atoms. The Labute approximate surface area is 146 Å². The molecule has 0 saturated carbocycles. The molecule has 3 rings (SSSR count). The second-order valence-electron chi connectivity index (χ2n) is 5.74. The lowest BCUT2D eigenvalue weighted by atomic mass is 10.2. The monoisotopic (exact) mass is 393 g/mol. The number of benzene rings is 1. The summed E-state index contributed by atoms with van der Waals surface area (Å²) in [6, 6.07) is 4.50. The van der Waals surface area contributed by atoms with Crippen LogP contribution in [0.4, 0.5) is 0 Å². The second-order valence-corrected chi connectivity index (χ2v) is 6.65. The number of rotatable bonds is 4. The minimum absolute atomic E-state index is 0.0743. The lowest BCUT2D eigenvalue weighted by Crippen LogP contribution is -2.41. The highest BCUT2D eigenvalue weighted by molar-refractivity contribution is 9.10. The molecule has 7 nitrogen and oxygen atoms in total. The van der Waals surface area contributed by atoms with Crippen LogP contribution in [0.15, 0.2) is 33.8 Å². The molecular weight excluding hydrogens is 378 g/mol. The molecule has 8 heteroatoms. The first-order valence-electron chi connectivity index (χ1n) is 7.64. The second kappa shape index (κ2) is 6.72. The fourth-order valence-electron chi connectivity index (χ4n) is 2.97. The third-order valence-electron chi connectivity index (χ3n) is 4.21. The molecule has 0 aliphatic carbocycles. The molecule has 0 spiro atoms. The number of fused-ring (bicyclic) bond motifs is 1. The van der Waals surface area contributed by atoms with Crippen molar-refractivity contribution in [2.45, 2.75) is 31.8 Å². The Morgan fingerprint density at radius 1 is 1.38 bits per heavy atom. The molecule has 1 aliphatic heterocycles. The summed E-state index contributed by atoms with van der Waals surface area (Å²) >= 11 is 3.33. The highest BCUT2D eigenvalue weighted by atomic mass is 79.9. The van der Waals surface area contributed by atoms with Gasteiger partial charge in [-0.1, -0.05) is 15.9 Å². The van der Waals surface area contributed by atoms with Crippen molar-refractivity contribution >= 4 is 38.7 Å². The first-order valence-corrected chi connectivity index (χ1v) is 8.43. The van der Waals surface area contributed by atoms with Crippen molar-refractivity contribution in [2.75, 3.05) is 6.54 Å². The summed E-state index contributed by atoms with van der Waals surface area (Å²) in [6.07, 6.45) is 2.66. The van der Waals surface area contributed by atoms with Gasteiger partial charge in [0.25, 0.3) is 5.56 Å². The van der Waals surface area contributed by atoms with E-state index in [1.807, 2.05) is 6.07 Å². The molecule has 126 valence electrons. The van der Waals surface area contributed by atoms with Crippen LogP contribution in [0.3, 0.4) is 0 Å². The van der Waals surface area contributed by atoms with Crippen molar-refractivity contribution in [3.05, 3.63) is 39.4 Å². The maximum absolute atomic E-state index is 12.5. The molecule has 1 saturated heterocycles. The average molecular weight is 394 g/mol. The zero-order valence-corrected chi connectivity index (χ0v) is 14.4.